The van der Waals surface area contributed by atoms with Gasteiger partial charge >= 0.3 is 5.84 Å². The van der Waals surface area contributed by atoms with Gasteiger partial charge in [-0.05, 0) is 16.1 Å². The number of benzene rings is 2. The third kappa shape index (κ3) is 4.50. The van der Waals surface area contributed by atoms with Crippen LogP contribution >= 0.6 is 0 Å². The molecule has 0 spiro atoms. The SMILES string of the molecule is Cn1ncc(C(=NN(Cc2ccccc2)Cc2ccccc2)[N+](=O)[O-])n1. The van der Waals surface area contributed by atoms with E-state index in [0.717, 1.165) is 11.1 Å². The third-order valence-electron chi connectivity index (χ3n) is 3.65. The second kappa shape index (κ2) is 8.02. The highest BCUT2D eigenvalue weighted by molar-refractivity contribution is 5.89. The fourth-order valence-corrected chi connectivity index (χ4v) is 2.48. The Morgan fingerprint density at radius 3 is 2.04 bits per heavy atom. The molecule has 3 aromatic rings. The van der Waals surface area contributed by atoms with Gasteiger partial charge in [0.25, 0.3) is 0 Å². The van der Waals surface area contributed by atoms with Crippen LogP contribution in [0.25, 0.3) is 0 Å². The number of aryl methyl sites for hydroxylation is 1. The van der Waals surface area contributed by atoms with Crippen LogP contribution in [-0.4, -0.2) is 30.8 Å². The molecule has 26 heavy (non-hydrogen) atoms. The van der Waals surface area contributed by atoms with Crippen molar-refractivity contribution in [3.63, 3.8) is 0 Å². The van der Waals surface area contributed by atoms with Crippen molar-refractivity contribution in [1.29, 1.82) is 0 Å². The van der Waals surface area contributed by atoms with Gasteiger partial charge in [-0.1, -0.05) is 60.7 Å². The lowest BCUT2D eigenvalue weighted by Crippen LogP contribution is -2.24. The summed E-state index contributed by atoms with van der Waals surface area (Å²) in [4.78, 5) is 12.3. The van der Waals surface area contributed by atoms with Gasteiger partial charge in [-0.15, -0.1) is 5.10 Å². The Hall–Kier alpha value is -3.55. The molecule has 0 saturated carbocycles. The first-order valence-electron chi connectivity index (χ1n) is 8.04. The third-order valence-corrected chi connectivity index (χ3v) is 3.65. The van der Waals surface area contributed by atoms with Crippen molar-refractivity contribution in [2.45, 2.75) is 13.1 Å². The van der Waals surface area contributed by atoms with Crippen molar-refractivity contribution in [2.75, 3.05) is 0 Å². The van der Waals surface area contributed by atoms with E-state index in [-0.39, 0.29) is 11.5 Å². The molecule has 0 radical (unpaired) electrons. The van der Waals surface area contributed by atoms with Gasteiger partial charge in [0.2, 0.25) is 5.69 Å². The Kier molecular flexibility index (Phi) is 5.33. The molecule has 1 aromatic heterocycles. The van der Waals surface area contributed by atoms with E-state index in [2.05, 4.69) is 15.3 Å². The predicted octanol–water partition coefficient (Wildman–Crippen LogP) is 2.46. The molecule has 0 saturated heterocycles. The number of nitrogens with zero attached hydrogens (tertiary/aromatic N) is 6. The topological polar surface area (TPSA) is 89.5 Å². The first kappa shape index (κ1) is 17.3. The molecule has 0 bridgehead atoms. The van der Waals surface area contributed by atoms with Crippen molar-refractivity contribution in [3.8, 4) is 0 Å². The first-order valence-corrected chi connectivity index (χ1v) is 8.04. The van der Waals surface area contributed by atoms with Gasteiger partial charge in [-0.3, -0.25) is 0 Å². The molecule has 0 aliphatic heterocycles. The summed E-state index contributed by atoms with van der Waals surface area (Å²) in [5.41, 5.74) is 2.15. The standard InChI is InChI=1S/C18H18N6O2/c1-22-19-12-17(20-22)18(24(25)26)21-23(13-15-8-4-2-5-9-15)14-16-10-6-3-7-11-16/h2-12H,13-14H2,1H3. The van der Waals surface area contributed by atoms with Crippen LogP contribution in [0, 0.1) is 10.1 Å². The fraction of sp³-hybridized carbons (Fsp3) is 0.167. The van der Waals surface area contributed by atoms with Crippen LogP contribution in [0.3, 0.4) is 0 Å². The van der Waals surface area contributed by atoms with Gasteiger partial charge in [0.1, 0.15) is 0 Å². The van der Waals surface area contributed by atoms with Crippen LogP contribution in [0.5, 0.6) is 0 Å². The maximum atomic E-state index is 11.5. The molecule has 0 atom stereocenters. The van der Waals surface area contributed by atoms with E-state index in [0.29, 0.717) is 13.1 Å². The predicted molar refractivity (Wildman–Crippen MR) is 96.7 cm³/mol. The minimum Gasteiger partial charge on any atom is -0.358 e. The molecule has 1 heterocycles. The highest BCUT2D eigenvalue weighted by Gasteiger charge is 2.23. The lowest BCUT2D eigenvalue weighted by Gasteiger charge is -2.14. The Morgan fingerprint density at radius 1 is 1.08 bits per heavy atom. The largest absolute Gasteiger partial charge is 0.417 e. The number of amidine groups is 1. The van der Waals surface area contributed by atoms with Crippen molar-refractivity contribution >= 4 is 5.84 Å². The van der Waals surface area contributed by atoms with Crippen LogP contribution in [-0.2, 0) is 20.1 Å². The molecule has 0 aliphatic rings. The number of rotatable bonds is 6. The highest BCUT2D eigenvalue weighted by Crippen LogP contribution is 2.12. The van der Waals surface area contributed by atoms with E-state index < -0.39 is 4.92 Å². The van der Waals surface area contributed by atoms with Crippen molar-refractivity contribution in [1.82, 2.24) is 20.0 Å². The molecule has 2 aromatic carbocycles. The highest BCUT2D eigenvalue weighted by atomic mass is 16.6. The van der Waals surface area contributed by atoms with Crippen LogP contribution in [0.4, 0.5) is 0 Å². The number of hydrogen-bond donors (Lipinski definition) is 0. The second-order valence-electron chi connectivity index (χ2n) is 5.69. The van der Waals surface area contributed by atoms with Crippen LogP contribution in [0.2, 0.25) is 0 Å². The van der Waals surface area contributed by atoms with Crippen molar-refractivity contribution < 1.29 is 4.92 Å². The zero-order chi connectivity index (χ0) is 18.4. The summed E-state index contributed by atoms with van der Waals surface area (Å²) in [6, 6.07) is 19.4. The summed E-state index contributed by atoms with van der Waals surface area (Å²) in [5, 5.41) is 25.4. The normalized spacial score (nSPS) is 11.3. The Labute approximate surface area is 150 Å². The average molecular weight is 350 g/mol. The molecule has 0 N–H and O–H groups in total. The molecule has 0 unspecified atom stereocenters. The van der Waals surface area contributed by atoms with Crippen molar-refractivity contribution in [2.24, 2.45) is 12.1 Å². The lowest BCUT2D eigenvalue weighted by molar-refractivity contribution is -0.350. The Bertz CT molecular complexity index is 851. The van der Waals surface area contributed by atoms with Crippen LogP contribution < -0.4 is 0 Å². The summed E-state index contributed by atoms with van der Waals surface area (Å²) in [5.74, 6) is -0.329. The van der Waals surface area contributed by atoms with Gasteiger partial charge < -0.3 is 10.1 Å². The molecule has 0 aliphatic carbocycles. The molecule has 0 amide bonds. The van der Waals surface area contributed by atoms with Gasteiger partial charge in [0, 0.05) is 7.05 Å². The van der Waals surface area contributed by atoms with Gasteiger partial charge in [-0.25, -0.2) is 0 Å². The molecule has 132 valence electrons. The molecule has 8 nitrogen and oxygen atoms in total. The molecular formula is C18H18N6O2. The number of aromatic nitrogens is 3. The number of hydrazone groups is 1. The van der Waals surface area contributed by atoms with Gasteiger partial charge in [-0.2, -0.15) is 14.9 Å². The van der Waals surface area contributed by atoms with Gasteiger partial charge in [0.15, 0.2) is 0 Å². The molecule has 3 rings (SSSR count). The summed E-state index contributed by atoms with van der Waals surface area (Å²) < 4.78 is 0. The summed E-state index contributed by atoms with van der Waals surface area (Å²) >= 11 is 0. The molecule has 8 heteroatoms. The van der Waals surface area contributed by atoms with E-state index >= 15 is 0 Å². The smallest absolute Gasteiger partial charge is 0.358 e. The monoisotopic (exact) mass is 350 g/mol. The Morgan fingerprint density at radius 2 is 1.62 bits per heavy atom. The summed E-state index contributed by atoms with van der Waals surface area (Å²) in [7, 11) is 1.60. The fourth-order valence-electron chi connectivity index (χ4n) is 2.48. The minimum atomic E-state index is -0.535. The van der Waals surface area contributed by atoms with Gasteiger partial charge in [0.05, 0.1) is 24.4 Å². The number of nitro groups is 1. The van der Waals surface area contributed by atoms with Crippen molar-refractivity contribution in [3.05, 3.63) is 93.8 Å². The van der Waals surface area contributed by atoms with E-state index in [4.69, 9.17) is 0 Å². The Balaban J connectivity index is 1.93. The van der Waals surface area contributed by atoms with E-state index in [1.807, 2.05) is 60.7 Å². The first-order chi connectivity index (χ1) is 12.6. The maximum Gasteiger partial charge on any atom is 0.417 e. The molecule has 0 fully saturated rings. The summed E-state index contributed by atoms with van der Waals surface area (Å²) in [6.45, 7) is 0.876. The second-order valence-corrected chi connectivity index (χ2v) is 5.69. The lowest BCUT2D eigenvalue weighted by atomic mass is 10.2. The quantitative estimate of drug-likeness (QED) is 0.295. The van der Waals surface area contributed by atoms with E-state index in [9.17, 15) is 10.1 Å². The number of hydrogen-bond acceptors (Lipinski definition) is 6. The average Bonchev–Trinajstić information content (AvgIpc) is 3.07. The molecular weight excluding hydrogens is 332 g/mol. The van der Waals surface area contributed by atoms with Crippen LogP contribution in [0.15, 0.2) is 72.0 Å². The summed E-state index contributed by atoms with van der Waals surface area (Å²) in [6.07, 6.45) is 1.34. The zero-order valence-corrected chi connectivity index (χ0v) is 14.3. The van der Waals surface area contributed by atoms with E-state index in [1.165, 1.54) is 11.0 Å². The van der Waals surface area contributed by atoms with Crippen LogP contribution in [0.1, 0.15) is 16.8 Å². The minimum absolute atomic E-state index is 0.128. The maximum absolute atomic E-state index is 11.5. The zero-order valence-electron chi connectivity index (χ0n) is 14.3. The van der Waals surface area contributed by atoms with E-state index in [1.54, 1.807) is 12.1 Å².